The van der Waals surface area contributed by atoms with Gasteiger partial charge in [0.1, 0.15) is 12.1 Å². The van der Waals surface area contributed by atoms with E-state index in [1.807, 2.05) is 45.0 Å². The highest BCUT2D eigenvalue weighted by molar-refractivity contribution is 7.71. The van der Waals surface area contributed by atoms with Gasteiger partial charge in [-0.3, -0.25) is 9.78 Å². The second-order valence-corrected chi connectivity index (χ2v) is 8.10. The molecule has 2 N–H and O–H groups in total. The maximum absolute atomic E-state index is 11.2. The number of halogens is 1. The molecule has 0 spiro atoms. The standard InChI is InChI=1S/C18H26ClN3O2S/c1-17(2,3)18(23,12-22-16(25)20-13-21-22)10-4-5-11-24-15-8-6-14(19)7-9-15/h6-9,13,23H,4-5,10-12H2,1-3H3,(H,20,21,25). The van der Waals surface area contributed by atoms with Gasteiger partial charge in [0, 0.05) is 5.02 Å². The number of ether oxygens (including phenoxy) is 1. The zero-order valence-corrected chi connectivity index (χ0v) is 16.5. The van der Waals surface area contributed by atoms with Gasteiger partial charge in [0.05, 0.1) is 18.8 Å². The average Bonchev–Trinajstić information content (AvgIpc) is 2.93. The van der Waals surface area contributed by atoms with Crippen LogP contribution in [0, 0.1) is 10.2 Å². The molecule has 1 atom stereocenters. The molecule has 1 aromatic carbocycles. The van der Waals surface area contributed by atoms with E-state index < -0.39 is 5.60 Å². The van der Waals surface area contributed by atoms with Crippen LogP contribution in [0.25, 0.3) is 0 Å². The molecule has 0 bridgehead atoms. The van der Waals surface area contributed by atoms with Crippen molar-refractivity contribution < 1.29 is 9.84 Å². The van der Waals surface area contributed by atoms with E-state index in [0.29, 0.717) is 29.4 Å². The van der Waals surface area contributed by atoms with Crippen molar-refractivity contribution in [3.8, 4) is 5.75 Å². The van der Waals surface area contributed by atoms with Gasteiger partial charge in [-0.1, -0.05) is 32.4 Å². The number of unbranched alkanes of at least 4 members (excludes halogenated alkanes) is 1. The molecule has 0 amide bonds. The third kappa shape index (κ3) is 5.56. The van der Waals surface area contributed by atoms with Crippen LogP contribution in [0.2, 0.25) is 5.02 Å². The van der Waals surface area contributed by atoms with Gasteiger partial charge in [0.2, 0.25) is 4.77 Å². The second-order valence-electron chi connectivity index (χ2n) is 7.30. The Hall–Kier alpha value is -1.37. The summed E-state index contributed by atoms with van der Waals surface area (Å²) >= 11 is 11.0. The summed E-state index contributed by atoms with van der Waals surface area (Å²) in [6.07, 6.45) is 3.91. The molecule has 0 aliphatic rings. The fourth-order valence-corrected chi connectivity index (χ4v) is 2.88. The highest BCUT2D eigenvalue weighted by Gasteiger charge is 2.40. The minimum atomic E-state index is -0.891. The van der Waals surface area contributed by atoms with Gasteiger partial charge < -0.3 is 9.84 Å². The average molecular weight is 384 g/mol. The summed E-state index contributed by atoms with van der Waals surface area (Å²) in [6.45, 7) is 7.12. The SMILES string of the molecule is CC(C)(C)C(O)(CCCCOc1ccc(Cl)cc1)Cn1[nH]cnc1=S. The fourth-order valence-electron chi connectivity index (χ4n) is 2.59. The van der Waals surface area contributed by atoms with E-state index in [9.17, 15) is 5.11 Å². The van der Waals surface area contributed by atoms with E-state index in [2.05, 4.69) is 10.1 Å². The molecule has 0 aliphatic heterocycles. The third-order valence-electron chi connectivity index (χ3n) is 4.50. The molecule has 7 heteroatoms. The molecule has 0 radical (unpaired) electrons. The van der Waals surface area contributed by atoms with Crippen molar-refractivity contribution in [3.63, 3.8) is 0 Å². The first-order valence-electron chi connectivity index (χ1n) is 8.42. The Morgan fingerprint density at radius 1 is 1.24 bits per heavy atom. The van der Waals surface area contributed by atoms with Crippen LogP contribution in [0.3, 0.4) is 0 Å². The normalized spacial score (nSPS) is 14.3. The number of hydrogen-bond donors (Lipinski definition) is 2. The van der Waals surface area contributed by atoms with Gasteiger partial charge in [-0.05, 0) is 61.2 Å². The van der Waals surface area contributed by atoms with Gasteiger partial charge >= 0.3 is 0 Å². The molecule has 0 saturated heterocycles. The highest BCUT2D eigenvalue weighted by atomic mass is 35.5. The van der Waals surface area contributed by atoms with Gasteiger partial charge in [-0.2, -0.15) is 0 Å². The van der Waals surface area contributed by atoms with Crippen LogP contribution < -0.4 is 4.74 Å². The van der Waals surface area contributed by atoms with Gasteiger partial charge in [-0.15, -0.1) is 0 Å². The lowest BCUT2D eigenvalue weighted by Gasteiger charge is -2.40. The van der Waals surface area contributed by atoms with E-state index in [-0.39, 0.29) is 5.41 Å². The van der Waals surface area contributed by atoms with Crippen LogP contribution in [0.5, 0.6) is 5.75 Å². The van der Waals surface area contributed by atoms with Gasteiger partial charge in [-0.25, -0.2) is 4.98 Å². The quantitative estimate of drug-likeness (QED) is 0.515. The van der Waals surface area contributed by atoms with Crippen molar-refractivity contribution in [2.45, 2.75) is 52.2 Å². The topological polar surface area (TPSA) is 63.1 Å². The summed E-state index contributed by atoms with van der Waals surface area (Å²) in [7, 11) is 0. The maximum Gasteiger partial charge on any atom is 0.215 e. The number of nitrogens with zero attached hydrogens (tertiary/aromatic N) is 2. The van der Waals surface area contributed by atoms with Crippen molar-refractivity contribution in [3.05, 3.63) is 40.4 Å². The fraction of sp³-hybridized carbons (Fsp3) is 0.556. The van der Waals surface area contributed by atoms with Gasteiger partial charge in [0.15, 0.2) is 0 Å². The second kappa shape index (κ2) is 8.34. The Morgan fingerprint density at radius 3 is 2.48 bits per heavy atom. The molecule has 0 saturated carbocycles. The summed E-state index contributed by atoms with van der Waals surface area (Å²) in [5.41, 5.74) is -1.18. The Labute approximate surface area is 159 Å². The molecule has 138 valence electrons. The van der Waals surface area contributed by atoms with Crippen LogP contribution in [0.1, 0.15) is 40.0 Å². The van der Waals surface area contributed by atoms with Crippen molar-refractivity contribution in [2.75, 3.05) is 6.61 Å². The molecular weight excluding hydrogens is 358 g/mol. The monoisotopic (exact) mass is 383 g/mol. The summed E-state index contributed by atoms with van der Waals surface area (Å²) in [5.74, 6) is 0.805. The largest absolute Gasteiger partial charge is 0.494 e. The summed E-state index contributed by atoms with van der Waals surface area (Å²) < 4.78 is 7.87. The predicted octanol–water partition coefficient (Wildman–Crippen LogP) is 4.62. The first kappa shape index (κ1) is 19.9. The van der Waals surface area contributed by atoms with Crippen molar-refractivity contribution >= 4 is 23.8 Å². The van der Waals surface area contributed by atoms with Crippen molar-refractivity contribution in [1.29, 1.82) is 0 Å². The van der Waals surface area contributed by atoms with Crippen LogP contribution >= 0.6 is 23.8 Å². The van der Waals surface area contributed by atoms with Crippen LogP contribution in [0.4, 0.5) is 0 Å². The molecule has 1 unspecified atom stereocenters. The lowest BCUT2D eigenvalue weighted by Crippen LogP contribution is -2.46. The van der Waals surface area contributed by atoms with Crippen molar-refractivity contribution in [1.82, 2.24) is 14.8 Å². The Kier molecular flexibility index (Phi) is 6.65. The first-order valence-corrected chi connectivity index (χ1v) is 9.21. The molecule has 5 nitrogen and oxygen atoms in total. The number of H-pyrrole nitrogens is 1. The third-order valence-corrected chi connectivity index (χ3v) is 5.08. The number of nitrogens with one attached hydrogen (secondary N) is 1. The smallest absolute Gasteiger partial charge is 0.215 e. The minimum absolute atomic E-state index is 0.288. The lowest BCUT2D eigenvalue weighted by atomic mass is 9.73. The molecule has 0 fully saturated rings. The zero-order valence-electron chi connectivity index (χ0n) is 15.0. The summed E-state index contributed by atoms with van der Waals surface area (Å²) in [4.78, 5) is 4.01. The lowest BCUT2D eigenvalue weighted by molar-refractivity contribution is -0.0819. The molecular formula is C18H26ClN3O2S. The number of hydrogen-bond acceptors (Lipinski definition) is 4. The molecule has 25 heavy (non-hydrogen) atoms. The van der Waals surface area contributed by atoms with Crippen LogP contribution in [0.15, 0.2) is 30.6 Å². The number of aromatic amines is 1. The number of aromatic nitrogens is 3. The van der Waals surface area contributed by atoms with Crippen molar-refractivity contribution in [2.24, 2.45) is 5.41 Å². The first-order chi connectivity index (χ1) is 11.7. The summed E-state index contributed by atoms with van der Waals surface area (Å²) in [6, 6.07) is 7.33. The van der Waals surface area contributed by atoms with Crippen LogP contribution in [-0.4, -0.2) is 32.1 Å². The molecule has 2 rings (SSSR count). The predicted molar refractivity (Wildman–Crippen MR) is 103 cm³/mol. The molecule has 2 aromatic rings. The number of rotatable bonds is 8. The van der Waals surface area contributed by atoms with Crippen LogP contribution in [-0.2, 0) is 6.54 Å². The van der Waals surface area contributed by atoms with Gasteiger partial charge in [0.25, 0.3) is 0 Å². The van der Waals surface area contributed by atoms with E-state index in [1.54, 1.807) is 11.0 Å². The number of aliphatic hydroxyl groups is 1. The highest BCUT2D eigenvalue weighted by Crippen LogP contribution is 2.36. The van der Waals surface area contributed by atoms with E-state index in [0.717, 1.165) is 18.6 Å². The maximum atomic E-state index is 11.2. The Balaban J connectivity index is 1.86. The van der Waals surface area contributed by atoms with E-state index in [4.69, 9.17) is 28.6 Å². The Bertz CT molecular complexity index is 721. The van der Waals surface area contributed by atoms with E-state index in [1.165, 1.54) is 0 Å². The summed E-state index contributed by atoms with van der Waals surface area (Å²) in [5, 5.41) is 14.9. The van der Waals surface area contributed by atoms with E-state index >= 15 is 0 Å². The minimum Gasteiger partial charge on any atom is -0.494 e. The molecule has 1 aromatic heterocycles. The zero-order chi connectivity index (χ0) is 18.5. The Morgan fingerprint density at radius 2 is 1.92 bits per heavy atom. The molecule has 0 aliphatic carbocycles. The number of benzene rings is 1. The molecule has 1 heterocycles.